The summed E-state index contributed by atoms with van der Waals surface area (Å²) in [7, 11) is 0. The van der Waals surface area contributed by atoms with E-state index >= 15 is 0 Å². The van der Waals surface area contributed by atoms with E-state index in [1.54, 1.807) is 0 Å². The molecular weight excluding hydrogens is 269 g/mol. The second-order valence-electron chi connectivity index (χ2n) is 3.91. The van der Waals surface area contributed by atoms with Gasteiger partial charge in [-0.2, -0.15) is 0 Å². The summed E-state index contributed by atoms with van der Waals surface area (Å²) in [5.74, 6) is 0.708. The Morgan fingerprint density at radius 3 is 2.22 bits per heavy atom. The van der Waals surface area contributed by atoms with Crippen LogP contribution in [0.5, 0.6) is 5.75 Å². The van der Waals surface area contributed by atoms with Gasteiger partial charge in [0.1, 0.15) is 12.4 Å². The molecule has 2 aromatic rings. The van der Waals surface area contributed by atoms with Crippen LogP contribution in [0.2, 0.25) is 0 Å². The Morgan fingerprint density at radius 1 is 0.944 bits per heavy atom. The fourth-order valence-electron chi connectivity index (χ4n) is 1.62. The highest BCUT2D eigenvalue weighted by Gasteiger charge is 2.18. The number of halogens is 2. The minimum absolute atomic E-state index is 0.0277. The van der Waals surface area contributed by atoms with Crippen LogP contribution in [0.15, 0.2) is 54.6 Å². The Bertz CT molecular complexity index is 509. The first-order valence-corrected chi connectivity index (χ1v) is 6.26. The molecule has 2 rings (SSSR count). The highest BCUT2D eigenvalue weighted by Crippen LogP contribution is 2.30. The fraction of sp³-hybridized carbons (Fsp3) is 0.143. The van der Waals surface area contributed by atoms with Crippen LogP contribution in [0.1, 0.15) is 0 Å². The number of hydrogen-bond acceptors (Lipinski definition) is 2. The lowest BCUT2D eigenvalue weighted by Crippen LogP contribution is -2.33. The second kappa shape index (κ2) is 5.61. The average Bonchev–Trinajstić information content (AvgIpc) is 2.37. The molecule has 2 aromatic carbocycles. The third-order valence-electron chi connectivity index (χ3n) is 2.39. The smallest absolute Gasteiger partial charge is 0.200 e. The molecule has 0 amide bonds. The van der Waals surface area contributed by atoms with E-state index in [1.807, 2.05) is 54.6 Å². The van der Waals surface area contributed by atoms with Gasteiger partial charge in [0, 0.05) is 5.56 Å². The quantitative estimate of drug-likeness (QED) is 0.683. The van der Waals surface area contributed by atoms with Gasteiger partial charge in [-0.1, -0.05) is 71.7 Å². The van der Waals surface area contributed by atoms with Gasteiger partial charge in [-0.25, -0.2) is 0 Å². The van der Waals surface area contributed by atoms with E-state index in [4.69, 9.17) is 33.7 Å². The third-order valence-corrected chi connectivity index (χ3v) is 2.61. The Hall–Kier alpha value is -1.22. The first-order chi connectivity index (χ1) is 8.56. The van der Waals surface area contributed by atoms with E-state index in [1.165, 1.54) is 0 Å². The SMILES string of the molecule is NC(Cl)(Cl)COc1ccccc1-c1ccccc1. The second-order valence-corrected chi connectivity index (χ2v) is 5.45. The van der Waals surface area contributed by atoms with Gasteiger partial charge in [-0.05, 0) is 11.6 Å². The standard InChI is InChI=1S/C14H13Cl2NO/c15-14(16,17)10-18-13-9-5-4-8-12(13)11-6-2-1-3-7-11/h1-9H,10,17H2. The predicted octanol–water partition coefficient (Wildman–Crippen LogP) is 3.82. The van der Waals surface area contributed by atoms with Crippen LogP contribution in [-0.2, 0) is 0 Å². The predicted molar refractivity (Wildman–Crippen MR) is 76.0 cm³/mol. The summed E-state index contributed by atoms with van der Waals surface area (Å²) in [5, 5.41) is 0. The van der Waals surface area contributed by atoms with E-state index in [2.05, 4.69) is 0 Å². The van der Waals surface area contributed by atoms with Crippen LogP contribution < -0.4 is 10.5 Å². The summed E-state index contributed by atoms with van der Waals surface area (Å²) in [6.07, 6.45) is 0. The van der Waals surface area contributed by atoms with Crippen molar-refractivity contribution in [3.05, 3.63) is 54.6 Å². The molecule has 0 aliphatic rings. The van der Waals surface area contributed by atoms with Gasteiger partial charge < -0.3 is 4.74 Å². The van der Waals surface area contributed by atoms with Crippen molar-refractivity contribution >= 4 is 23.2 Å². The number of nitrogens with two attached hydrogens (primary N) is 1. The topological polar surface area (TPSA) is 35.2 Å². The largest absolute Gasteiger partial charge is 0.488 e. The lowest BCUT2D eigenvalue weighted by atomic mass is 10.1. The van der Waals surface area contributed by atoms with E-state index in [9.17, 15) is 0 Å². The number of hydrogen-bond donors (Lipinski definition) is 1. The first-order valence-electron chi connectivity index (χ1n) is 5.50. The maximum absolute atomic E-state index is 5.70. The molecule has 0 radical (unpaired) electrons. The molecule has 0 atom stereocenters. The highest BCUT2D eigenvalue weighted by atomic mass is 35.5. The minimum Gasteiger partial charge on any atom is -0.488 e. The Kier molecular flexibility index (Phi) is 4.12. The van der Waals surface area contributed by atoms with Crippen LogP contribution in [0.3, 0.4) is 0 Å². The van der Waals surface area contributed by atoms with Crippen molar-refractivity contribution in [1.29, 1.82) is 0 Å². The molecule has 0 aromatic heterocycles. The summed E-state index contributed by atoms with van der Waals surface area (Å²) in [5.41, 5.74) is 7.53. The van der Waals surface area contributed by atoms with E-state index in [0.29, 0.717) is 5.75 Å². The van der Waals surface area contributed by atoms with Crippen molar-refractivity contribution in [3.8, 4) is 16.9 Å². The molecule has 18 heavy (non-hydrogen) atoms. The molecule has 4 heteroatoms. The number of alkyl halides is 2. The molecule has 0 heterocycles. The van der Waals surface area contributed by atoms with Crippen LogP contribution in [0.25, 0.3) is 11.1 Å². The summed E-state index contributed by atoms with van der Waals surface area (Å²) in [6.45, 7) is 0.0277. The van der Waals surface area contributed by atoms with Crippen molar-refractivity contribution < 1.29 is 4.74 Å². The normalized spacial score (nSPS) is 11.3. The van der Waals surface area contributed by atoms with Gasteiger partial charge in [0.15, 0.2) is 4.46 Å². The van der Waals surface area contributed by atoms with Gasteiger partial charge >= 0.3 is 0 Å². The number of para-hydroxylation sites is 1. The van der Waals surface area contributed by atoms with Gasteiger partial charge in [0.05, 0.1) is 0 Å². The molecule has 2 N–H and O–H groups in total. The van der Waals surface area contributed by atoms with Crippen molar-refractivity contribution in [3.63, 3.8) is 0 Å². The van der Waals surface area contributed by atoms with Crippen LogP contribution in [0.4, 0.5) is 0 Å². The Balaban J connectivity index is 2.27. The van der Waals surface area contributed by atoms with Crippen LogP contribution in [-0.4, -0.2) is 11.1 Å². The number of benzene rings is 2. The van der Waals surface area contributed by atoms with Gasteiger partial charge in [0.25, 0.3) is 0 Å². The summed E-state index contributed by atoms with van der Waals surface area (Å²) in [6, 6.07) is 17.6. The molecule has 0 spiro atoms. The summed E-state index contributed by atoms with van der Waals surface area (Å²) < 4.78 is 4.18. The molecule has 0 fully saturated rings. The zero-order valence-corrected chi connectivity index (χ0v) is 11.2. The van der Waals surface area contributed by atoms with Crippen molar-refractivity contribution in [2.75, 3.05) is 6.61 Å². The van der Waals surface area contributed by atoms with Crippen molar-refractivity contribution in [2.45, 2.75) is 4.46 Å². The lowest BCUT2D eigenvalue weighted by molar-refractivity contribution is 0.305. The van der Waals surface area contributed by atoms with E-state index in [-0.39, 0.29) is 6.61 Å². The molecular formula is C14H13Cl2NO. The van der Waals surface area contributed by atoms with Crippen molar-refractivity contribution in [2.24, 2.45) is 5.73 Å². The van der Waals surface area contributed by atoms with E-state index < -0.39 is 4.46 Å². The van der Waals surface area contributed by atoms with Gasteiger partial charge in [-0.3, -0.25) is 5.73 Å². The fourth-order valence-corrected chi connectivity index (χ4v) is 1.73. The monoisotopic (exact) mass is 281 g/mol. The minimum atomic E-state index is -1.39. The molecule has 0 saturated carbocycles. The average molecular weight is 282 g/mol. The lowest BCUT2D eigenvalue weighted by Gasteiger charge is -2.16. The van der Waals surface area contributed by atoms with Gasteiger partial charge in [0.2, 0.25) is 0 Å². The highest BCUT2D eigenvalue weighted by molar-refractivity contribution is 6.48. The maximum atomic E-state index is 5.70. The van der Waals surface area contributed by atoms with Crippen LogP contribution >= 0.6 is 23.2 Å². The number of ether oxygens (including phenoxy) is 1. The van der Waals surface area contributed by atoms with Crippen LogP contribution in [0, 0.1) is 0 Å². The maximum Gasteiger partial charge on any atom is 0.200 e. The molecule has 0 bridgehead atoms. The Labute approximate surface area is 116 Å². The molecule has 0 unspecified atom stereocenters. The summed E-state index contributed by atoms with van der Waals surface area (Å²) >= 11 is 11.4. The summed E-state index contributed by atoms with van der Waals surface area (Å²) in [4.78, 5) is 0. The molecule has 0 aliphatic heterocycles. The molecule has 0 aliphatic carbocycles. The number of rotatable bonds is 4. The molecule has 0 saturated heterocycles. The van der Waals surface area contributed by atoms with Gasteiger partial charge in [-0.15, -0.1) is 0 Å². The molecule has 2 nitrogen and oxygen atoms in total. The Morgan fingerprint density at radius 2 is 1.56 bits per heavy atom. The zero-order chi connectivity index (χ0) is 13.0. The van der Waals surface area contributed by atoms with E-state index in [0.717, 1.165) is 11.1 Å². The third kappa shape index (κ3) is 3.64. The van der Waals surface area contributed by atoms with Crippen molar-refractivity contribution in [1.82, 2.24) is 0 Å². The first kappa shape index (κ1) is 13.2. The molecule has 94 valence electrons. The zero-order valence-electron chi connectivity index (χ0n) is 9.64.